The highest BCUT2D eigenvalue weighted by Gasteiger charge is 2.14. The van der Waals surface area contributed by atoms with Crippen molar-refractivity contribution in [3.63, 3.8) is 0 Å². The van der Waals surface area contributed by atoms with E-state index in [4.69, 9.17) is 23.8 Å². The van der Waals surface area contributed by atoms with Gasteiger partial charge in [-0.25, -0.2) is 9.59 Å². The molecule has 0 aliphatic rings. The van der Waals surface area contributed by atoms with Crippen molar-refractivity contribution < 1.29 is 52.4 Å². The largest absolute Gasteiger partial charge is 0.484 e. The molecule has 0 aromatic heterocycles. The second-order valence-electron chi connectivity index (χ2n) is 8.88. The van der Waals surface area contributed by atoms with Gasteiger partial charge >= 0.3 is 19.7 Å². The third kappa shape index (κ3) is 15.2. The van der Waals surface area contributed by atoms with Crippen LogP contribution >= 0.6 is 7.60 Å². The summed E-state index contributed by atoms with van der Waals surface area (Å²) in [5, 5.41) is 14.9. The lowest BCUT2D eigenvalue weighted by Gasteiger charge is -2.13. The molecule has 0 bridgehead atoms. The minimum atomic E-state index is -3.65. The van der Waals surface area contributed by atoms with E-state index in [0.717, 1.165) is 13.1 Å². The third-order valence-corrected chi connectivity index (χ3v) is 5.72. The van der Waals surface area contributed by atoms with Gasteiger partial charge in [0, 0.05) is 26.4 Å². The Hall–Kier alpha value is -3.48. The van der Waals surface area contributed by atoms with Crippen molar-refractivity contribution in [3.8, 4) is 11.5 Å². The number of carbonyl (C=O) groups excluding carboxylic acids is 3. The quantitative estimate of drug-likeness (QED) is 0.0860. The normalized spacial score (nSPS) is 13.0. The lowest BCUT2D eigenvalue weighted by Crippen LogP contribution is -2.29. The van der Waals surface area contributed by atoms with Crippen molar-refractivity contribution in [2.24, 2.45) is 0 Å². The van der Waals surface area contributed by atoms with Crippen LogP contribution in [0.5, 0.6) is 11.5 Å². The van der Waals surface area contributed by atoms with Gasteiger partial charge in [-0.1, -0.05) is 19.1 Å². The van der Waals surface area contributed by atoms with Crippen molar-refractivity contribution in [2.75, 3.05) is 46.2 Å². The predicted octanol–water partition coefficient (Wildman–Crippen LogP) is 2.64. The van der Waals surface area contributed by atoms with Crippen molar-refractivity contribution >= 4 is 25.6 Å². The van der Waals surface area contributed by atoms with E-state index in [2.05, 4.69) is 15.2 Å². The maximum absolute atomic E-state index is 12.4. The number of hydrogen-bond donors (Lipinski definition) is 4. The van der Waals surface area contributed by atoms with Gasteiger partial charge in [0.1, 0.15) is 24.2 Å². The molecule has 0 saturated heterocycles. The fraction of sp³-hybridized carbons (Fsp3) is 0.444. The number of amides is 2. The first-order valence-electron chi connectivity index (χ1n) is 13.0. The Morgan fingerprint density at radius 3 is 2.29 bits per heavy atom. The summed E-state index contributed by atoms with van der Waals surface area (Å²) in [5.41, 5.74) is 0.991. The molecule has 2 atom stereocenters. The highest BCUT2D eigenvalue weighted by molar-refractivity contribution is 7.51. The number of aliphatic hydroxyl groups is 1. The number of ether oxygens (including phenoxy) is 4. The average Bonchev–Trinajstić information content (AvgIpc) is 2.95. The minimum absolute atomic E-state index is 0.00677. The highest BCUT2D eigenvalue weighted by atomic mass is 31.2. The Kier molecular flexibility index (Phi) is 14.8. The number of aliphatic hydroxyl groups excluding tert-OH is 1. The van der Waals surface area contributed by atoms with Gasteiger partial charge in [-0.3, -0.25) is 9.36 Å². The van der Waals surface area contributed by atoms with Crippen LogP contribution in [0.3, 0.4) is 0 Å². The number of carbonyl (C=O) groups is 3. The molecule has 2 rings (SSSR count). The van der Waals surface area contributed by atoms with Gasteiger partial charge in [-0.15, -0.1) is 0 Å². The van der Waals surface area contributed by atoms with E-state index in [1.165, 1.54) is 12.1 Å². The van der Waals surface area contributed by atoms with Crippen LogP contribution in [-0.2, 0) is 30.0 Å². The Labute approximate surface area is 238 Å². The fourth-order valence-electron chi connectivity index (χ4n) is 3.03. The van der Waals surface area contributed by atoms with E-state index in [1.807, 2.05) is 6.92 Å². The minimum Gasteiger partial charge on any atom is -0.484 e. The van der Waals surface area contributed by atoms with Gasteiger partial charge in [-0.2, -0.15) is 0 Å². The lowest BCUT2D eigenvalue weighted by atomic mass is 10.2. The molecule has 0 aliphatic heterocycles. The van der Waals surface area contributed by atoms with Gasteiger partial charge in [0.2, 0.25) is 0 Å². The van der Waals surface area contributed by atoms with Gasteiger partial charge in [0.15, 0.2) is 6.61 Å². The van der Waals surface area contributed by atoms with Crippen LogP contribution < -0.4 is 20.1 Å². The molecule has 0 radical (unpaired) electrons. The molecule has 0 saturated carbocycles. The van der Waals surface area contributed by atoms with Crippen molar-refractivity contribution in [1.82, 2.24) is 10.6 Å². The summed E-state index contributed by atoms with van der Waals surface area (Å²) < 4.78 is 36.7. The summed E-state index contributed by atoms with van der Waals surface area (Å²) in [6.07, 6.45) is -0.362. The number of hydrogen-bond acceptors (Lipinski definition) is 10. The van der Waals surface area contributed by atoms with Gasteiger partial charge < -0.3 is 44.1 Å². The maximum atomic E-state index is 12.4. The molecule has 0 aliphatic carbocycles. The molecular formula is C27H37N2O11P. The summed E-state index contributed by atoms with van der Waals surface area (Å²) in [6, 6.07) is 12.7. The number of alkyl carbamates (subject to hydrolysis) is 1. The molecule has 2 aromatic rings. The Morgan fingerprint density at radius 1 is 0.951 bits per heavy atom. The zero-order chi connectivity index (χ0) is 30.1. The van der Waals surface area contributed by atoms with Crippen molar-refractivity contribution in [1.29, 1.82) is 0 Å². The fourth-order valence-corrected chi connectivity index (χ4v) is 3.48. The van der Waals surface area contributed by atoms with E-state index in [-0.39, 0.29) is 45.5 Å². The Bertz CT molecular complexity index is 1140. The smallest absolute Gasteiger partial charge is 0.407 e. The first kappa shape index (κ1) is 33.7. The monoisotopic (exact) mass is 596 g/mol. The maximum Gasteiger partial charge on any atom is 0.407 e. The van der Waals surface area contributed by atoms with Crippen molar-refractivity contribution in [3.05, 3.63) is 59.7 Å². The molecular weight excluding hydrogens is 559 g/mol. The predicted molar refractivity (Wildman–Crippen MR) is 148 cm³/mol. The summed E-state index contributed by atoms with van der Waals surface area (Å²) in [7, 11) is -3.65. The topological polar surface area (TPSA) is 179 Å². The second kappa shape index (κ2) is 18.1. The molecule has 14 heteroatoms. The van der Waals surface area contributed by atoms with E-state index >= 15 is 0 Å². The molecule has 0 fully saturated rings. The Morgan fingerprint density at radius 2 is 1.63 bits per heavy atom. The van der Waals surface area contributed by atoms with Crippen LogP contribution in [0.15, 0.2) is 48.5 Å². The molecule has 2 aromatic carbocycles. The molecule has 0 spiro atoms. The Balaban J connectivity index is 1.62. The van der Waals surface area contributed by atoms with Gasteiger partial charge in [-0.05, 0) is 54.8 Å². The van der Waals surface area contributed by atoms with Gasteiger partial charge in [0.05, 0.1) is 18.8 Å². The number of benzene rings is 2. The lowest BCUT2D eigenvalue weighted by molar-refractivity contribution is -0.123. The van der Waals surface area contributed by atoms with E-state index in [1.54, 1.807) is 36.4 Å². The summed E-state index contributed by atoms with van der Waals surface area (Å²) in [4.78, 5) is 44.9. The highest BCUT2D eigenvalue weighted by Crippen LogP contribution is 2.36. The SMILES string of the molecule is CCCNC(=O)COc1ccc(C(=O)Oc2ccc(COC(=O)NCCCOCC(O)COP(C)(=O)O)cc2)cc1. The zero-order valence-corrected chi connectivity index (χ0v) is 24.0. The molecule has 226 valence electrons. The van der Waals surface area contributed by atoms with Crippen molar-refractivity contribution in [2.45, 2.75) is 32.5 Å². The van der Waals surface area contributed by atoms with E-state index in [9.17, 15) is 24.1 Å². The first-order chi connectivity index (χ1) is 19.6. The molecule has 4 N–H and O–H groups in total. The van der Waals surface area contributed by atoms with Crippen LogP contribution in [0.4, 0.5) is 4.79 Å². The van der Waals surface area contributed by atoms with E-state index < -0.39 is 25.8 Å². The van der Waals surface area contributed by atoms with Crippen LogP contribution in [0.2, 0.25) is 0 Å². The third-order valence-electron chi connectivity index (χ3n) is 5.09. The second-order valence-corrected chi connectivity index (χ2v) is 10.7. The van der Waals surface area contributed by atoms with E-state index in [0.29, 0.717) is 35.6 Å². The molecule has 13 nitrogen and oxygen atoms in total. The number of esters is 1. The summed E-state index contributed by atoms with van der Waals surface area (Å²) >= 11 is 0. The number of rotatable bonds is 18. The summed E-state index contributed by atoms with van der Waals surface area (Å²) in [5.74, 6) is -0.0205. The standard InChI is InChI=1S/C27H37N2O11P/c1-3-13-28-25(31)19-37-23-11-7-21(8-12-23)26(32)40-24-9-5-20(6-10-24)16-38-27(33)29-14-4-15-36-17-22(30)18-39-41(2,34)35/h5-12,22,30H,3-4,13-19H2,1-2H3,(H,28,31)(H,29,33)(H,34,35). The van der Waals surface area contributed by atoms with Crippen LogP contribution in [0.1, 0.15) is 35.7 Å². The first-order valence-corrected chi connectivity index (χ1v) is 15.0. The zero-order valence-electron chi connectivity index (χ0n) is 23.1. The average molecular weight is 597 g/mol. The molecule has 2 amide bonds. The molecule has 0 heterocycles. The molecule has 2 unspecified atom stereocenters. The van der Waals surface area contributed by atoms with Crippen LogP contribution in [-0.4, -0.2) is 80.3 Å². The number of nitrogens with one attached hydrogen (secondary N) is 2. The van der Waals surface area contributed by atoms with Gasteiger partial charge in [0.25, 0.3) is 5.91 Å². The molecule has 41 heavy (non-hydrogen) atoms. The van der Waals surface area contributed by atoms with Crippen LogP contribution in [0.25, 0.3) is 0 Å². The summed E-state index contributed by atoms with van der Waals surface area (Å²) in [6.45, 7) is 3.60. The van der Waals surface area contributed by atoms with Crippen LogP contribution in [0, 0.1) is 0 Å².